The van der Waals surface area contributed by atoms with E-state index in [9.17, 15) is 5.11 Å². The molecular formula is C16H21BrN2O2. The third-order valence-electron chi connectivity index (χ3n) is 3.68. The molecule has 2 rings (SSSR count). The second-order valence-corrected chi connectivity index (χ2v) is 6.24. The number of methoxy groups -OCH3 is 1. The molecule has 0 fully saturated rings. The number of nitrogens with zero attached hydrogens (tertiary/aromatic N) is 2. The van der Waals surface area contributed by atoms with Gasteiger partial charge in [0, 0.05) is 10.5 Å². The molecular weight excluding hydrogens is 332 g/mol. The van der Waals surface area contributed by atoms with Gasteiger partial charge < -0.3 is 9.84 Å². The molecule has 1 N–H and O–H groups in total. The molecule has 4 nitrogen and oxygen atoms in total. The first-order valence-electron chi connectivity index (χ1n) is 7.04. The molecule has 114 valence electrons. The molecule has 1 aromatic heterocycles. The van der Waals surface area contributed by atoms with Crippen LogP contribution in [0.5, 0.6) is 5.75 Å². The standard InChI is InChI=1S/C16H21BrN2O2/c1-5-16(20,12-7-6-8-13(17)9-12)15-14(21-4)10-18-19(15)11(2)3/h6-11,20H,5H2,1-4H3. The Hall–Kier alpha value is -1.33. The molecule has 5 heteroatoms. The Labute approximate surface area is 133 Å². The van der Waals surface area contributed by atoms with Crippen LogP contribution in [-0.2, 0) is 5.60 Å². The Morgan fingerprint density at radius 2 is 2.14 bits per heavy atom. The van der Waals surface area contributed by atoms with Gasteiger partial charge in [-0.25, -0.2) is 0 Å². The van der Waals surface area contributed by atoms with Gasteiger partial charge in [0.2, 0.25) is 0 Å². The van der Waals surface area contributed by atoms with Gasteiger partial charge in [-0.2, -0.15) is 5.10 Å². The SMILES string of the molecule is CCC(O)(c1cccc(Br)c1)c1c(OC)cnn1C(C)C. The van der Waals surface area contributed by atoms with Gasteiger partial charge in [-0.15, -0.1) is 0 Å². The zero-order valence-corrected chi connectivity index (χ0v) is 14.4. The molecule has 0 bridgehead atoms. The molecule has 21 heavy (non-hydrogen) atoms. The van der Waals surface area contributed by atoms with Gasteiger partial charge in [-0.05, 0) is 38.0 Å². The second-order valence-electron chi connectivity index (χ2n) is 5.32. The predicted molar refractivity (Wildman–Crippen MR) is 86.6 cm³/mol. The summed E-state index contributed by atoms with van der Waals surface area (Å²) in [5, 5.41) is 15.7. The average Bonchev–Trinajstić information content (AvgIpc) is 2.91. The molecule has 1 atom stereocenters. The van der Waals surface area contributed by atoms with Crippen LogP contribution < -0.4 is 4.74 Å². The molecule has 0 radical (unpaired) electrons. The Kier molecular flexibility index (Phi) is 4.74. The summed E-state index contributed by atoms with van der Waals surface area (Å²) >= 11 is 3.47. The lowest BCUT2D eigenvalue weighted by Gasteiger charge is -2.30. The van der Waals surface area contributed by atoms with Crippen LogP contribution in [0.4, 0.5) is 0 Å². The Morgan fingerprint density at radius 1 is 1.43 bits per heavy atom. The van der Waals surface area contributed by atoms with E-state index in [1.54, 1.807) is 13.3 Å². The first-order valence-corrected chi connectivity index (χ1v) is 7.83. The summed E-state index contributed by atoms with van der Waals surface area (Å²) in [5.41, 5.74) is 0.372. The summed E-state index contributed by atoms with van der Waals surface area (Å²) in [4.78, 5) is 0. The van der Waals surface area contributed by atoms with Crippen LogP contribution in [0.3, 0.4) is 0 Å². The van der Waals surface area contributed by atoms with Crippen LogP contribution in [0.1, 0.15) is 44.5 Å². The van der Waals surface area contributed by atoms with Gasteiger partial charge in [0.05, 0.1) is 13.3 Å². The maximum atomic E-state index is 11.4. The minimum Gasteiger partial charge on any atom is -0.493 e. The number of hydrogen-bond acceptors (Lipinski definition) is 3. The molecule has 2 aromatic rings. The van der Waals surface area contributed by atoms with E-state index in [2.05, 4.69) is 21.0 Å². The van der Waals surface area contributed by atoms with Crippen molar-refractivity contribution in [2.75, 3.05) is 7.11 Å². The maximum absolute atomic E-state index is 11.4. The van der Waals surface area contributed by atoms with E-state index < -0.39 is 5.60 Å². The summed E-state index contributed by atoms with van der Waals surface area (Å²) < 4.78 is 8.18. The number of hydrogen-bond donors (Lipinski definition) is 1. The van der Waals surface area contributed by atoms with Gasteiger partial charge >= 0.3 is 0 Å². The van der Waals surface area contributed by atoms with Crippen molar-refractivity contribution in [3.63, 3.8) is 0 Å². The lowest BCUT2D eigenvalue weighted by molar-refractivity contribution is 0.0623. The smallest absolute Gasteiger partial charge is 0.163 e. The van der Waals surface area contributed by atoms with Gasteiger partial charge in [-0.3, -0.25) is 4.68 Å². The van der Waals surface area contributed by atoms with E-state index in [0.29, 0.717) is 17.9 Å². The topological polar surface area (TPSA) is 47.3 Å². The van der Waals surface area contributed by atoms with E-state index in [1.807, 2.05) is 49.7 Å². The fourth-order valence-corrected chi connectivity index (χ4v) is 2.93. The Morgan fingerprint density at radius 3 is 2.67 bits per heavy atom. The van der Waals surface area contributed by atoms with Crippen LogP contribution in [0.25, 0.3) is 0 Å². The van der Waals surface area contributed by atoms with Gasteiger partial charge in [-0.1, -0.05) is 35.0 Å². The molecule has 0 saturated carbocycles. The quantitative estimate of drug-likeness (QED) is 0.887. The van der Waals surface area contributed by atoms with Crippen LogP contribution in [-0.4, -0.2) is 22.0 Å². The predicted octanol–water partition coefficient (Wildman–Crippen LogP) is 3.88. The third kappa shape index (κ3) is 2.85. The van der Waals surface area contributed by atoms with E-state index in [-0.39, 0.29) is 6.04 Å². The zero-order valence-electron chi connectivity index (χ0n) is 12.8. The molecule has 0 amide bonds. The lowest BCUT2D eigenvalue weighted by Crippen LogP contribution is -2.31. The first kappa shape index (κ1) is 16.0. The van der Waals surface area contributed by atoms with E-state index in [0.717, 1.165) is 10.0 Å². The normalized spacial score (nSPS) is 14.2. The van der Waals surface area contributed by atoms with Crippen molar-refractivity contribution < 1.29 is 9.84 Å². The monoisotopic (exact) mass is 352 g/mol. The van der Waals surface area contributed by atoms with Crippen molar-refractivity contribution >= 4 is 15.9 Å². The highest BCUT2D eigenvalue weighted by Gasteiger charge is 2.37. The van der Waals surface area contributed by atoms with Gasteiger partial charge in [0.25, 0.3) is 0 Å². The van der Waals surface area contributed by atoms with Crippen molar-refractivity contribution in [3.05, 3.63) is 46.2 Å². The molecule has 0 aliphatic carbocycles. The molecule has 1 heterocycles. The lowest BCUT2D eigenvalue weighted by atomic mass is 9.87. The second kappa shape index (κ2) is 6.20. The number of aromatic nitrogens is 2. The van der Waals surface area contributed by atoms with Gasteiger partial charge in [0.15, 0.2) is 5.75 Å². The van der Waals surface area contributed by atoms with Crippen molar-refractivity contribution in [1.82, 2.24) is 9.78 Å². The number of benzene rings is 1. The Balaban J connectivity index is 2.67. The zero-order chi connectivity index (χ0) is 15.6. The van der Waals surface area contributed by atoms with E-state index in [1.165, 1.54) is 0 Å². The first-order chi connectivity index (χ1) is 9.93. The Bertz CT molecular complexity index is 624. The maximum Gasteiger partial charge on any atom is 0.163 e. The highest BCUT2D eigenvalue weighted by molar-refractivity contribution is 9.10. The van der Waals surface area contributed by atoms with Crippen LogP contribution in [0.15, 0.2) is 34.9 Å². The minimum absolute atomic E-state index is 0.133. The van der Waals surface area contributed by atoms with Gasteiger partial charge in [0.1, 0.15) is 11.3 Å². The van der Waals surface area contributed by atoms with Crippen molar-refractivity contribution in [2.45, 2.75) is 38.8 Å². The molecule has 0 saturated heterocycles. The molecule has 0 aliphatic rings. The highest BCUT2D eigenvalue weighted by Crippen LogP contribution is 2.40. The van der Waals surface area contributed by atoms with Crippen molar-refractivity contribution in [2.24, 2.45) is 0 Å². The van der Waals surface area contributed by atoms with Crippen LogP contribution >= 0.6 is 15.9 Å². The largest absolute Gasteiger partial charge is 0.493 e. The summed E-state index contributed by atoms with van der Waals surface area (Å²) in [7, 11) is 1.60. The molecule has 0 aliphatic heterocycles. The third-order valence-corrected chi connectivity index (χ3v) is 4.17. The van der Waals surface area contributed by atoms with E-state index >= 15 is 0 Å². The van der Waals surface area contributed by atoms with Crippen LogP contribution in [0, 0.1) is 0 Å². The minimum atomic E-state index is -1.14. The molecule has 1 unspecified atom stereocenters. The number of ether oxygens (including phenoxy) is 1. The molecule has 0 spiro atoms. The fourth-order valence-electron chi connectivity index (χ4n) is 2.53. The summed E-state index contributed by atoms with van der Waals surface area (Å²) in [6.07, 6.45) is 2.19. The molecule has 1 aromatic carbocycles. The van der Waals surface area contributed by atoms with Crippen molar-refractivity contribution in [3.8, 4) is 5.75 Å². The number of rotatable bonds is 5. The van der Waals surface area contributed by atoms with Crippen molar-refractivity contribution in [1.29, 1.82) is 0 Å². The highest BCUT2D eigenvalue weighted by atomic mass is 79.9. The summed E-state index contributed by atoms with van der Waals surface area (Å²) in [5.74, 6) is 0.605. The number of halogens is 1. The number of aliphatic hydroxyl groups is 1. The van der Waals surface area contributed by atoms with E-state index in [4.69, 9.17) is 4.74 Å². The fraction of sp³-hybridized carbons (Fsp3) is 0.438. The van der Waals surface area contributed by atoms with Crippen LogP contribution in [0.2, 0.25) is 0 Å². The average molecular weight is 353 g/mol. The summed E-state index contributed by atoms with van der Waals surface area (Å²) in [6, 6.07) is 7.85. The summed E-state index contributed by atoms with van der Waals surface area (Å²) in [6.45, 7) is 6.03.